The first-order valence-electron chi connectivity index (χ1n) is 11.6. The Labute approximate surface area is 190 Å². The highest BCUT2D eigenvalue weighted by atomic mass is 19.1. The second-order valence-corrected chi connectivity index (χ2v) is 9.58. The van der Waals surface area contributed by atoms with Gasteiger partial charge in [0.15, 0.2) is 17.5 Å². The molecule has 170 valence electrons. The molecule has 4 aromatic rings. The van der Waals surface area contributed by atoms with E-state index in [0.29, 0.717) is 45.7 Å². The Bertz CT molecular complexity index is 1330. The third-order valence-corrected chi connectivity index (χ3v) is 7.63. The predicted molar refractivity (Wildman–Crippen MR) is 123 cm³/mol. The van der Waals surface area contributed by atoms with Crippen molar-refractivity contribution in [2.24, 2.45) is 24.8 Å². The van der Waals surface area contributed by atoms with Crippen LogP contribution in [-0.4, -0.2) is 30.5 Å². The van der Waals surface area contributed by atoms with Gasteiger partial charge in [0.25, 0.3) is 0 Å². The number of aryl methyl sites for hydroxylation is 1. The zero-order valence-electron chi connectivity index (χ0n) is 18.6. The van der Waals surface area contributed by atoms with E-state index in [-0.39, 0.29) is 17.6 Å². The van der Waals surface area contributed by atoms with E-state index < -0.39 is 11.6 Å². The van der Waals surface area contributed by atoms with E-state index in [1.54, 1.807) is 6.20 Å². The number of H-pyrrole nitrogens is 1. The Balaban J connectivity index is 1.49. The van der Waals surface area contributed by atoms with Crippen LogP contribution in [0.2, 0.25) is 0 Å². The molecule has 3 fully saturated rings. The van der Waals surface area contributed by atoms with Crippen LogP contribution in [-0.2, 0) is 7.05 Å². The van der Waals surface area contributed by atoms with Gasteiger partial charge in [-0.1, -0.05) is 6.92 Å². The Morgan fingerprint density at radius 1 is 1.12 bits per heavy atom. The minimum absolute atomic E-state index is 0.181. The molecule has 4 heterocycles. The molecule has 0 aromatic carbocycles. The van der Waals surface area contributed by atoms with Gasteiger partial charge in [0.2, 0.25) is 0 Å². The molecule has 7 rings (SSSR count). The predicted octanol–water partition coefficient (Wildman–Crippen LogP) is 5.54. The van der Waals surface area contributed by atoms with Crippen molar-refractivity contribution in [3.05, 3.63) is 48.6 Å². The molecule has 33 heavy (non-hydrogen) atoms. The van der Waals surface area contributed by atoms with Gasteiger partial charge in [0.05, 0.1) is 6.20 Å². The number of pyridine rings is 1. The highest BCUT2D eigenvalue weighted by Gasteiger charge is 2.41. The van der Waals surface area contributed by atoms with E-state index in [4.69, 9.17) is 0 Å². The van der Waals surface area contributed by atoms with Crippen LogP contribution < -0.4 is 5.32 Å². The van der Waals surface area contributed by atoms with Crippen LogP contribution in [0, 0.1) is 29.4 Å². The average molecular weight is 449 g/mol. The number of hydrogen-bond donors (Lipinski definition) is 2. The zero-order valence-corrected chi connectivity index (χ0v) is 18.6. The van der Waals surface area contributed by atoms with Crippen molar-refractivity contribution < 1.29 is 8.78 Å². The van der Waals surface area contributed by atoms with E-state index in [9.17, 15) is 4.39 Å². The Hall–Kier alpha value is -3.29. The number of anilines is 1. The standard InChI is InChI=1S/C25H26F2N6/c1-13-14-3-5-15(6-4-14)21(13)30-25-20(27)22(16-7-8-33(2)12-16)31-24(32-25)19-11-29-23-18(19)9-17(26)10-28-23/h7-15,21H,3-6H2,1-2H3,(H,28,29)(H,30,31,32). The lowest BCUT2D eigenvalue weighted by atomic mass is 9.62. The van der Waals surface area contributed by atoms with Gasteiger partial charge in [0, 0.05) is 48.2 Å². The van der Waals surface area contributed by atoms with Gasteiger partial charge < -0.3 is 14.9 Å². The Morgan fingerprint density at radius 3 is 2.64 bits per heavy atom. The SMILES string of the molecule is CC1C2CCC(CC2)C1Nc1nc(-c2c[nH]c3ncc(F)cc23)nc(-c2ccn(C)c2)c1F. The van der Waals surface area contributed by atoms with Gasteiger partial charge in [-0.05, 0) is 55.6 Å². The molecule has 8 heteroatoms. The smallest absolute Gasteiger partial charge is 0.191 e. The van der Waals surface area contributed by atoms with Gasteiger partial charge in [-0.25, -0.2) is 23.7 Å². The van der Waals surface area contributed by atoms with E-state index >= 15 is 4.39 Å². The molecule has 0 radical (unpaired) electrons. The number of fused-ring (bicyclic) bond motifs is 4. The lowest BCUT2D eigenvalue weighted by Gasteiger charge is -2.47. The summed E-state index contributed by atoms with van der Waals surface area (Å²) >= 11 is 0. The van der Waals surface area contributed by atoms with Gasteiger partial charge in [-0.2, -0.15) is 0 Å². The van der Waals surface area contributed by atoms with Gasteiger partial charge in [-0.15, -0.1) is 0 Å². The van der Waals surface area contributed by atoms with Crippen molar-refractivity contribution in [2.75, 3.05) is 5.32 Å². The molecule has 0 spiro atoms. The van der Waals surface area contributed by atoms with Crippen LogP contribution >= 0.6 is 0 Å². The lowest BCUT2D eigenvalue weighted by molar-refractivity contribution is 0.0926. The maximum atomic E-state index is 15.8. The van der Waals surface area contributed by atoms with Crippen LogP contribution in [0.3, 0.4) is 0 Å². The maximum absolute atomic E-state index is 15.8. The summed E-state index contributed by atoms with van der Waals surface area (Å²) in [6, 6.07) is 3.42. The van der Waals surface area contributed by atoms with Crippen molar-refractivity contribution in [1.29, 1.82) is 0 Å². The summed E-state index contributed by atoms with van der Waals surface area (Å²) in [5.74, 6) is 1.30. The molecular weight excluding hydrogens is 422 g/mol. The second kappa shape index (κ2) is 7.64. The first-order valence-corrected chi connectivity index (χ1v) is 11.6. The molecule has 0 saturated heterocycles. The number of halogens is 2. The second-order valence-electron chi connectivity index (χ2n) is 9.58. The molecule has 0 amide bonds. The molecule has 4 aromatic heterocycles. The molecule has 0 aliphatic heterocycles. The fourth-order valence-corrected chi connectivity index (χ4v) is 5.82. The van der Waals surface area contributed by atoms with E-state index in [0.717, 1.165) is 6.20 Å². The van der Waals surface area contributed by atoms with Crippen molar-refractivity contribution in [1.82, 2.24) is 24.5 Å². The minimum atomic E-state index is -0.456. The summed E-state index contributed by atoms with van der Waals surface area (Å²) in [6.45, 7) is 2.26. The molecule has 2 bridgehead atoms. The largest absolute Gasteiger partial charge is 0.364 e. The maximum Gasteiger partial charge on any atom is 0.191 e. The molecule has 2 atom stereocenters. The highest BCUT2D eigenvalue weighted by Crippen LogP contribution is 2.46. The van der Waals surface area contributed by atoms with Gasteiger partial charge in [0.1, 0.15) is 17.2 Å². The van der Waals surface area contributed by atoms with E-state index in [1.165, 1.54) is 31.7 Å². The summed E-state index contributed by atoms with van der Waals surface area (Å²) in [6.07, 6.45) is 11.4. The number of nitrogens with one attached hydrogen (secondary N) is 2. The fraction of sp³-hybridized carbons (Fsp3) is 0.400. The lowest BCUT2D eigenvalue weighted by Crippen LogP contribution is -2.47. The van der Waals surface area contributed by atoms with Crippen LogP contribution in [0.25, 0.3) is 33.7 Å². The monoisotopic (exact) mass is 448 g/mol. The highest BCUT2D eigenvalue weighted by molar-refractivity contribution is 5.92. The average Bonchev–Trinajstić information content (AvgIpc) is 3.43. The molecule has 6 nitrogen and oxygen atoms in total. The van der Waals surface area contributed by atoms with E-state index in [1.807, 2.05) is 30.1 Å². The van der Waals surface area contributed by atoms with Crippen LogP contribution in [0.4, 0.5) is 14.6 Å². The Morgan fingerprint density at radius 2 is 1.91 bits per heavy atom. The van der Waals surface area contributed by atoms with Crippen LogP contribution in [0.1, 0.15) is 32.6 Å². The van der Waals surface area contributed by atoms with Gasteiger partial charge in [-0.3, -0.25) is 0 Å². The molecular formula is C25H26F2N6. The number of aromatic amines is 1. The number of nitrogens with zero attached hydrogens (tertiary/aromatic N) is 4. The summed E-state index contributed by atoms with van der Waals surface area (Å²) in [5, 5.41) is 4.04. The molecule has 3 saturated carbocycles. The van der Waals surface area contributed by atoms with Crippen molar-refractivity contribution in [3.63, 3.8) is 0 Å². The molecule has 3 aliphatic carbocycles. The normalized spacial score (nSPS) is 24.5. The van der Waals surface area contributed by atoms with Crippen molar-refractivity contribution in [2.45, 2.75) is 38.6 Å². The topological polar surface area (TPSA) is 71.4 Å². The summed E-state index contributed by atoms with van der Waals surface area (Å²) in [7, 11) is 1.89. The molecule has 2 N–H and O–H groups in total. The first kappa shape index (κ1) is 20.3. The zero-order chi connectivity index (χ0) is 22.7. The summed E-state index contributed by atoms with van der Waals surface area (Å²) in [5.41, 5.74) is 2.03. The third-order valence-electron chi connectivity index (χ3n) is 7.63. The van der Waals surface area contributed by atoms with Gasteiger partial charge >= 0.3 is 0 Å². The molecule has 2 unspecified atom stereocenters. The first-order chi connectivity index (χ1) is 16.0. The van der Waals surface area contributed by atoms with Crippen molar-refractivity contribution in [3.8, 4) is 22.6 Å². The summed E-state index contributed by atoms with van der Waals surface area (Å²) < 4.78 is 31.6. The Kier molecular flexibility index (Phi) is 4.71. The van der Waals surface area contributed by atoms with E-state index in [2.05, 4.69) is 32.2 Å². The number of hydrogen-bond acceptors (Lipinski definition) is 4. The van der Waals surface area contributed by atoms with Crippen LogP contribution in [0.15, 0.2) is 36.9 Å². The van der Waals surface area contributed by atoms with Crippen molar-refractivity contribution >= 4 is 16.9 Å². The summed E-state index contributed by atoms with van der Waals surface area (Å²) in [4.78, 5) is 16.4. The minimum Gasteiger partial charge on any atom is -0.364 e. The quantitative estimate of drug-likeness (QED) is 0.430. The number of rotatable bonds is 4. The fourth-order valence-electron chi connectivity index (χ4n) is 5.82. The third kappa shape index (κ3) is 3.39. The molecule has 3 aliphatic rings. The number of aromatic nitrogens is 5. The van der Waals surface area contributed by atoms with Crippen LogP contribution in [0.5, 0.6) is 0 Å².